The van der Waals surface area contributed by atoms with Gasteiger partial charge in [-0.2, -0.15) is 0 Å². The molecule has 0 radical (unpaired) electrons. The van der Waals surface area contributed by atoms with Gasteiger partial charge < -0.3 is 10.1 Å². The number of alkyl carbamates (subject to hydrolysis) is 1. The molecular weight excluding hydrogens is 254 g/mol. The van der Waals surface area contributed by atoms with Crippen molar-refractivity contribution in [2.24, 2.45) is 11.3 Å². The van der Waals surface area contributed by atoms with E-state index in [0.29, 0.717) is 30.1 Å². The second-order valence-electron chi connectivity index (χ2n) is 7.39. The Morgan fingerprint density at radius 3 is 2.55 bits per heavy atom. The van der Waals surface area contributed by atoms with Crippen LogP contribution in [0.2, 0.25) is 0 Å². The molecule has 114 valence electrons. The van der Waals surface area contributed by atoms with Gasteiger partial charge in [0.1, 0.15) is 11.4 Å². The molecule has 0 aromatic rings. The van der Waals surface area contributed by atoms with E-state index >= 15 is 0 Å². The summed E-state index contributed by atoms with van der Waals surface area (Å²) in [7, 11) is 0. The maximum absolute atomic E-state index is 11.8. The Labute approximate surface area is 121 Å². The average molecular weight is 281 g/mol. The number of nitrogens with one attached hydrogen (secondary N) is 1. The quantitative estimate of drug-likeness (QED) is 0.843. The maximum Gasteiger partial charge on any atom is 0.407 e. The lowest BCUT2D eigenvalue weighted by molar-refractivity contribution is -0.125. The molecule has 2 rings (SSSR count). The summed E-state index contributed by atoms with van der Waals surface area (Å²) in [4.78, 5) is 23.5. The molecule has 1 unspecified atom stereocenters. The Hall–Kier alpha value is -1.06. The van der Waals surface area contributed by atoms with Crippen LogP contribution in [0.1, 0.15) is 65.7 Å². The number of hydrogen-bond donors (Lipinski definition) is 1. The van der Waals surface area contributed by atoms with Crippen LogP contribution in [0.4, 0.5) is 4.79 Å². The summed E-state index contributed by atoms with van der Waals surface area (Å²) in [5.41, 5.74) is -0.180. The van der Waals surface area contributed by atoms with Crippen LogP contribution in [0.3, 0.4) is 0 Å². The third-order valence-electron chi connectivity index (χ3n) is 4.73. The molecule has 2 fully saturated rings. The van der Waals surface area contributed by atoms with E-state index in [-0.39, 0.29) is 6.09 Å². The Morgan fingerprint density at radius 2 is 1.95 bits per heavy atom. The van der Waals surface area contributed by atoms with Crippen molar-refractivity contribution in [2.45, 2.75) is 71.3 Å². The normalized spacial score (nSPS) is 25.8. The zero-order valence-electron chi connectivity index (χ0n) is 13.0. The van der Waals surface area contributed by atoms with E-state index in [4.69, 9.17) is 4.74 Å². The molecule has 4 heteroatoms. The van der Waals surface area contributed by atoms with Crippen LogP contribution in [0.25, 0.3) is 0 Å². The molecule has 1 spiro atoms. The van der Waals surface area contributed by atoms with Gasteiger partial charge in [-0.3, -0.25) is 4.79 Å². The number of rotatable bonds is 2. The zero-order valence-corrected chi connectivity index (χ0v) is 13.0. The smallest absolute Gasteiger partial charge is 0.407 e. The van der Waals surface area contributed by atoms with Gasteiger partial charge in [-0.15, -0.1) is 0 Å². The van der Waals surface area contributed by atoms with Crippen LogP contribution in [-0.2, 0) is 9.53 Å². The first-order valence-electron chi connectivity index (χ1n) is 7.79. The lowest BCUT2D eigenvalue weighted by Gasteiger charge is -2.41. The van der Waals surface area contributed by atoms with Crippen LogP contribution in [-0.4, -0.2) is 24.0 Å². The average Bonchev–Trinajstić information content (AvgIpc) is 2.78. The molecule has 0 heterocycles. The second kappa shape index (κ2) is 5.74. The fourth-order valence-electron chi connectivity index (χ4n) is 3.73. The number of hydrogen-bond acceptors (Lipinski definition) is 3. The largest absolute Gasteiger partial charge is 0.444 e. The van der Waals surface area contributed by atoms with E-state index < -0.39 is 5.60 Å². The van der Waals surface area contributed by atoms with Gasteiger partial charge in [0.25, 0.3) is 0 Å². The minimum Gasteiger partial charge on any atom is -0.444 e. The van der Waals surface area contributed by atoms with E-state index in [2.05, 4.69) is 5.32 Å². The first-order chi connectivity index (χ1) is 9.31. The predicted molar refractivity (Wildman–Crippen MR) is 77.5 cm³/mol. The Kier molecular flexibility index (Phi) is 4.40. The van der Waals surface area contributed by atoms with Crippen LogP contribution in [0, 0.1) is 11.3 Å². The first kappa shape index (κ1) is 15.3. The summed E-state index contributed by atoms with van der Waals surface area (Å²) < 4.78 is 5.27. The minimum absolute atomic E-state index is 0.291. The number of ether oxygens (including phenoxy) is 1. The molecule has 0 aliphatic heterocycles. The topological polar surface area (TPSA) is 55.4 Å². The molecule has 2 aliphatic rings. The van der Waals surface area contributed by atoms with E-state index in [9.17, 15) is 9.59 Å². The molecule has 2 saturated carbocycles. The summed E-state index contributed by atoms with van der Waals surface area (Å²) >= 11 is 0. The summed E-state index contributed by atoms with van der Waals surface area (Å²) in [5, 5.41) is 2.87. The van der Waals surface area contributed by atoms with Crippen LogP contribution >= 0.6 is 0 Å². The van der Waals surface area contributed by atoms with Crippen LogP contribution in [0.15, 0.2) is 0 Å². The van der Waals surface area contributed by atoms with Gasteiger partial charge in [-0.1, -0.05) is 12.8 Å². The van der Waals surface area contributed by atoms with E-state index in [0.717, 1.165) is 12.8 Å². The van der Waals surface area contributed by atoms with Gasteiger partial charge in [-0.05, 0) is 51.4 Å². The first-order valence-corrected chi connectivity index (χ1v) is 7.79. The lowest BCUT2D eigenvalue weighted by Crippen LogP contribution is -2.43. The molecular formula is C16H27NO3. The molecule has 0 aromatic heterocycles. The lowest BCUT2D eigenvalue weighted by atomic mass is 9.65. The molecule has 2 aliphatic carbocycles. The minimum atomic E-state index is -0.475. The van der Waals surface area contributed by atoms with E-state index in [1.807, 2.05) is 20.8 Å². The van der Waals surface area contributed by atoms with Crippen molar-refractivity contribution in [3.05, 3.63) is 0 Å². The highest BCUT2D eigenvalue weighted by Gasteiger charge is 2.44. The summed E-state index contributed by atoms with van der Waals surface area (Å²) in [5.74, 6) is 0.636. The van der Waals surface area contributed by atoms with Crippen molar-refractivity contribution in [1.29, 1.82) is 0 Å². The maximum atomic E-state index is 11.8. The zero-order chi connectivity index (χ0) is 14.8. The molecule has 1 atom stereocenters. The molecule has 1 N–H and O–H groups in total. The van der Waals surface area contributed by atoms with Gasteiger partial charge in [0.2, 0.25) is 0 Å². The standard InChI is InChI=1S/C16H27NO3/c1-15(2,3)20-14(19)17-11-12-10-13(18)6-9-16(12)7-4-5-8-16/h12H,4-11H2,1-3H3,(H,17,19). The van der Waals surface area contributed by atoms with Crippen molar-refractivity contribution in [1.82, 2.24) is 5.32 Å². The molecule has 20 heavy (non-hydrogen) atoms. The highest BCUT2D eigenvalue weighted by atomic mass is 16.6. The third-order valence-corrected chi connectivity index (χ3v) is 4.73. The molecule has 4 nitrogen and oxygen atoms in total. The van der Waals surface area contributed by atoms with Crippen LogP contribution < -0.4 is 5.32 Å². The molecule has 0 saturated heterocycles. The van der Waals surface area contributed by atoms with Crippen molar-refractivity contribution >= 4 is 11.9 Å². The number of carbonyl (C=O) groups is 2. The van der Waals surface area contributed by atoms with Crippen molar-refractivity contribution in [3.63, 3.8) is 0 Å². The highest BCUT2D eigenvalue weighted by Crippen LogP contribution is 2.51. The number of carbonyl (C=O) groups excluding carboxylic acids is 2. The highest BCUT2D eigenvalue weighted by molar-refractivity contribution is 5.79. The van der Waals surface area contributed by atoms with E-state index in [1.54, 1.807) is 0 Å². The van der Waals surface area contributed by atoms with Crippen LogP contribution in [0.5, 0.6) is 0 Å². The fraction of sp³-hybridized carbons (Fsp3) is 0.875. The fourth-order valence-corrected chi connectivity index (χ4v) is 3.73. The van der Waals surface area contributed by atoms with Crippen molar-refractivity contribution in [2.75, 3.05) is 6.54 Å². The molecule has 0 bridgehead atoms. The van der Waals surface area contributed by atoms with Gasteiger partial charge in [0, 0.05) is 19.4 Å². The Bertz CT molecular complexity index is 378. The Balaban J connectivity index is 1.91. The van der Waals surface area contributed by atoms with Gasteiger partial charge >= 0.3 is 6.09 Å². The Morgan fingerprint density at radius 1 is 1.30 bits per heavy atom. The second-order valence-corrected chi connectivity index (χ2v) is 7.39. The van der Waals surface area contributed by atoms with E-state index in [1.165, 1.54) is 25.7 Å². The number of Topliss-reactive ketones (excluding diaryl/α,β-unsaturated/α-hetero) is 1. The SMILES string of the molecule is CC(C)(C)OC(=O)NCC1CC(=O)CCC12CCCC2. The van der Waals surface area contributed by atoms with Crippen molar-refractivity contribution < 1.29 is 14.3 Å². The third kappa shape index (κ3) is 3.74. The summed E-state index contributed by atoms with van der Waals surface area (Å²) in [6.45, 7) is 6.14. The number of ketones is 1. The van der Waals surface area contributed by atoms with Gasteiger partial charge in [-0.25, -0.2) is 4.79 Å². The predicted octanol–water partition coefficient (Wildman–Crippen LogP) is 3.44. The molecule has 1 amide bonds. The monoisotopic (exact) mass is 281 g/mol. The van der Waals surface area contributed by atoms with Crippen molar-refractivity contribution in [3.8, 4) is 0 Å². The molecule has 0 aromatic carbocycles. The summed E-state index contributed by atoms with van der Waals surface area (Å²) in [6, 6.07) is 0. The summed E-state index contributed by atoms with van der Waals surface area (Å²) in [6.07, 6.45) is 6.92. The van der Waals surface area contributed by atoms with Gasteiger partial charge in [0.15, 0.2) is 0 Å². The van der Waals surface area contributed by atoms with Gasteiger partial charge in [0.05, 0.1) is 0 Å². The number of amides is 1.